The van der Waals surface area contributed by atoms with Crippen LogP contribution in [0.25, 0.3) is 0 Å². The number of unbranched alkanes of at least 4 members (excludes halogenated alkanes) is 6. The van der Waals surface area contributed by atoms with Gasteiger partial charge in [0.05, 0.1) is 0 Å². The molecule has 1 aliphatic heterocycles. The van der Waals surface area contributed by atoms with Gasteiger partial charge in [0, 0.05) is 18.8 Å². The lowest BCUT2D eigenvalue weighted by molar-refractivity contribution is -0.143. The molecular formula is C16H30O3S. The normalized spacial score (nSPS) is 18.4. The maximum absolute atomic E-state index is 11.5. The number of ether oxygens (including phenoxy) is 2. The third-order valence-electron chi connectivity index (χ3n) is 3.52. The highest BCUT2D eigenvalue weighted by atomic mass is 32.2. The van der Waals surface area contributed by atoms with Gasteiger partial charge in [0.25, 0.3) is 0 Å². The van der Waals surface area contributed by atoms with E-state index in [1.165, 1.54) is 32.1 Å². The molecular weight excluding hydrogens is 272 g/mol. The van der Waals surface area contributed by atoms with Crippen molar-refractivity contribution in [2.75, 3.05) is 19.0 Å². The minimum atomic E-state index is -0.0356. The van der Waals surface area contributed by atoms with Gasteiger partial charge in [-0.3, -0.25) is 4.79 Å². The van der Waals surface area contributed by atoms with E-state index in [4.69, 9.17) is 9.47 Å². The summed E-state index contributed by atoms with van der Waals surface area (Å²) in [4.78, 5) is 11.5. The number of thioether (sulfide) groups is 1. The Morgan fingerprint density at radius 2 is 1.95 bits per heavy atom. The smallest absolute Gasteiger partial charge is 0.305 e. The summed E-state index contributed by atoms with van der Waals surface area (Å²) in [5.74, 6) is 0.819. The molecule has 0 aliphatic carbocycles. The second kappa shape index (κ2) is 12.5. The standard InChI is InChI=1S/C16H30O3S/c1-2-3-4-5-6-7-8-10-15(17)18-13-14-20-16-11-9-12-19-16/h16H,2-14H2,1H3. The van der Waals surface area contributed by atoms with Crippen LogP contribution < -0.4 is 0 Å². The highest BCUT2D eigenvalue weighted by Gasteiger charge is 2.15. The molecule has 0 saturated carbocycles. The van der Waals surface area contributed by atoms with Crippen LogP contribution in [0.2, 0.25) is 0 Å². The monoisotopic (exact) mass is 302 g/mol. The fourth-order valence-corrected chi connectivity index (χ4v) is 3.28. The summed E-state index contributed by atoms with van der Waals surface area (Å²) in [5, 5.41) is 0. The maximum Gasteiger partial charge on any atom is 0.305 e. The highest BCUT2D eigenvalue weighted by molar-refractivity contribution is 7.99. The first-order valence-electron chi connectivity index (χ1n) is 8.21. The second-order valence-corrected chi connectivity index (χ2v) is 6.67. The fourth-order valence-electron chi connectivity index (χ4n) is 2.31. The number of carbonyl (C=O) groups is 1. The van der Waals surface area contributed by atoms with Crippen molar-refractivity contribution < 1.29 is 14.3 Å². The van der Waals surface area contributed by atoms with Gasteiger partial charge in [0.15, 0.2) is 0 Å². The van der Waals surface area contributed by atoms with Gasteiger partial charge >= 0.3 is 5.97 Å². The second-order valence-electron chi connectivity index (χ2n) is 5.41. The van der Waals surface area contributed by atoms with Crippen LogP contribution in [0.5, 0.6) is 0 Å². The molecule has 0 aromatic rings. The van der Waals surface area contributed by atoms with Crippen LogP contribution in [0.3, 0.4) is 0 Å². The first-order chi connectivity index (χ1) is 9.83. The Balaban J connectivity index is 1.80. The molecule has 0 bridgehead atoms. The fraction of sp³-hybridized carbons (Fsp3) is 0.938. The minimum absolute atomic E-state index is 0.0356. The lowest BCUT2D eigenvalue weighted by Gasteiger charge is -2.09. The van der Waals surface area contributed by atoms with Crippen LogP contribution in [-0.2, 0) is 14.3 Å². The molecule has 1 atom stereocenters. The average Bonchev–Trinajstić information content (AvgIpc) is 2.96. The summed E-state index contributed by atoms with van der Waals surface area (Å²) < 4.78 is 10.7. The van der Waals surface area contributed by atoms with Crippen LogP contribution in [0.4, 0.5) is 0 Å². The molecule has 4 heteroatoms. The first kappa shape index (κ1) is 17.8. The van der Waals surface area contributed by atoms with Crippen molar-refractivity contribution in [1.82, 2.24) is 0 Å². The van der Waals surface area contributed by atoms with E-state index >= 15 is 0 Å². The predicted octanol–water partition coefficient (Wildman–Crippen LogP) is 4.54. The molecule has 0 aromatic carbocycles. The molecule has 0 spiro atoms. The molecule has 118 valence electrons. The maximum atomic E-state index is 11.5. The number of hydrogen-bond acceptors (Lipinski definition) is 4. The molecule has 0 N–H and O–H groups in total. The largest absolute Gasteiger partial charge is 0.465 e. The Kier molecular flexibility index (Phi) is 11.2. The topological polar surface area (TPSA) is 35.5 Å². The molecule has 1 heterocycles. The average molecular weight is 302 g/mol. The molecule has 0 amide bonds. The number of esters is 1. The van der Waals surface area contributed by atoms with Gasteiger partial charge < -0.3 is 9.47 Å². The van der Waals surface area contributed by atoms with Crippen molar-refractivity contribution in [3.8, 4) is 0 Å². The molecule has 3 nitrogen and oxygen atoms in total. The molecule has 0 radical (unpaired) electrons. The van der Waals surface area contributed by atoms with Crippen LogP contribution in [0.1, 0.15) is 71.1 Å². The Morgan fingerprint density at radius 1 is 1.20 bits per heavy atom. The van der Waals surface area contributed by atoms with Gasteiger partial charge in [-0.1, -0.05) is 45.4 Å². The molecule has 1 unspecified atom stereocenters. The van der Waals surface area contributed by atoms with Gasteiger partial charge in [0.2, 0.25) is 0 Å². The van der Waals surface area contributed by atoms with Gasteiger partial charge in [-0.25, -0.2) is 0 Å². The van der Waals surface area contributed by atoms with Gasteiger partial charge in [-0.05, 0) is 19.3 Å². The van der Waals surface area contributed by atoms with E-state index in [0.29, 0.717) is 18.5 Å². The summed E-state index contributed by atoms with van der Waals surface area (Å²) in [6, 6.07) is 0. The van der Waals surface area contributed by atoms with E-state index in [9.17, 15) is 4.79 Å². The van der Waals surface area contributed by atoms with Crippen molar-refractivity contribution in [2.45, 2.75) is 76.6 Å². The SMILES string of the molecule is CCCCCCCCCC(=O)OCCSC1CCCO1. The quantitative estimate of drug-likeness (QED) is 0.391. The Bertz CT molecular complexity index is 240. The summed E-state index contributed by atoms with van der Waals surface area (Å²) in [6.07, 6.45) is 11.5. The Hall–Kier alpha value is -0.220. The van der Waals surface area contributed by atoms with Crippen molar-refractivity contribution in [3.63, 3.8) is 0 Å². The molecule has 1 saturated heterocycles. The van der Waals surface area contributed by atoms with E-state index in [-0.39, 0.29) is 5.97 Å². The van der Waals surface area contributed by atoms with E-state index in [1.807, 2.05) is 0 Å². The number of carbonyl (C=O) groups excluding carboxylic acids is 1. The zero-order valence-electron chi connectivity index (χ0n) is 12.9. The van der Waals surface area contributed by atoms with Gasteiger partial charge in [0.1, 0.15) is 12.0 Å². The van der Waals surface area contributed by atoms with E-state index < -0.39 is 0 Å². The molecule has 20 heavy (non-hydrogen) atoms. The van der Waals surface area contributed by atoms with Crippen LogP contribution in [0, 0.1) is 0 Å². The molecule has 1 aliphatic rings. The van der Waals surface area contributed by atoms with Gasteiger partial charge in [-0.15, -0.1) is 11.8 Å². The van der Waals surface area contributed by atoms with Crippen molar-refractivity contribution in [3.05, 3.63) is 0 Å². The van der Waals surface area contributed by atoms with Crippen molar-refractivity contribution in [1.29, 1.82) is 0 Å². The third kappa shape index (κ3) is 9.65. The van der Waals surface area contributed by atoms with Crippen LogP contribution in [-0.4, -0.2) is 30.4 Å². The van der Waals surface area contributed by atoms with Crippen molar-refractivity contribution in [2.24, 2.45) is 0 Å². The highest BCUT2D eigenvalue weighted by Crippen LogP contribution is 2.23. The zero-order chi connectivity index (χ0) is 14.5. The lowest BCUT2D eigenvalue weighted by Crippen LogP contribution is -2.09. The first-order valence-corrected chi connectivity index (χ1v) is 9.26. The molecule has 1 fully saturated rings. The summed E-state index contributed by atoms with van der Waals surface area (Å²) >= 11 is 1.77. The number of rotatable bonds is 12. The molecule has 1 rings (SSSR count). The Labute approximate surface area is 128 Å². The number of hydrogen-bond donors (Lipinski definition) is 0. The minimum Gasteiger partial charge on any atom is -0.465 e. The lowest BCUT2D eigenvalue weighted by atomic mass is 10.1. The summed E-state index contributed by atoms with van der Waals surface area (Å²) in [5.41, 5.74) is 0.330. The van der Waals surface area contributed by atoms with Crippen molar-refractivity contribution >= 4 is 17.7 Å². The van der Waals surface area contributed by atoms with Gasteiger partial charge in [-0.2, -0.15) is 0 Å². The summed E-state index contributed by atoms with van der Waals surface area (Å²) in [6.45, 7) is 3.64. The summed E-state index contributed by atoms with van der Waals surface area (Å²) in [7, 11) is 0. The van der Waals surface area contributed by atoms with E-state index in [1.54, 1.807) is 11.8 Å². The third-order valence-corrected chi connectivity index (χ3v) is 4.67. The van der Waals surface area contributed by atoms with Crippen LogP contribution in [0.15, 0.2) is 0 Å². The predicted molar refractivity (Wildman–Crippen MR) is 85.0 cm³/mol. The Morgan fingerprint density at radius 3 is 2.65 bits per heavy atom. The zero-order valence-corrected chi connectivity index (χ0v) is 13.7. The van der Waals surface area contributed by atoms with E-state index in [0.717, 1.165) is 38.0 Å². The van der Waals surface area contributed by atoms with E-state index in [2.05, 4.69) is 6.92 Å². The molecule has 0 aromatic heterocycles. The van der Waals surface area contributed by atoms with Crippen LogP contribution >= 0.6 is 11.8 Å².